The van der Waals surface area contributed by atoms with Crippen LogP contribution in [-0.4, -0.2) is 28.3 Å². The van der Waals surface area contributed by atoms with E-state index in [2.05, 4.69) is 15.6 Å². The van der Waals surface area contributed by atoms with E-state index in [0.717, 1.165) is 34.2 Å². The number of thioether (sulfide) groups is 1. The van der Waals surface area contributed by atoms with Gasteiger partial charge in [-0.1, -0.05) is 30.0 Å². The van der Waals surface area contributed by atoms with Gasteiger partial charge in [0.05, 0.1) is 23.3 Å². The minimum atomic E-state index is 0.547. The quantitative estimate of drug-likeness (QED) is 0.709. The fourth-order valence-corrected chi connectivity index (χ4v) is 3.23. The van der Waals surface area contributed by atoms with Crippen molar-refractivity contribution in [1.82, 2.24) is 14.5 Å². The molecule has 0 amide bonds. The van der Waals surface area contributed by atoms with Gasteiger partial charge in [-0.2, -0.15) is 0 Å². The van der Waals surface area contributed by atoms with Crippen LogP contribution in [0.25, 0.3) is 11.0 Å². The van der Waals surface area contributed by atoms with E-state index in [-0.39, 0.29) is 0 Å². The normalized spacial score (nSPS) is 11.1. The Morgan fingerprint density at radius 1 is 1.14 bits per heavy atom. The lowest BCUT2D eigenvalue weighted by atomic mass is 10.3. The predicted octanol–water partition coefficient (Wildman–Crippen LogP) is 2.95. The molecule has 0 bridgehead atoms. The second-order valence-corrected chi connectivity index (χ2v) is 5.81. The maximum Gasteiger partial charge on any atom is 0.169 e. The summed E-state index contributed by atoms with van der Waals surface area (Å²) in [6, 6.07) is 13.8. The largest absolute Gasteiger partial charge is 0.384 e. The molecule has 6 heteroatoms. The number of benzene rings is 1. The number of hydrogen-bond donors (Lipinski definition) is 1. The average molecular weight is 314 g/mol. The number of anilines is 1. The van der Waals surface area contributed by atoms with Crippen molar-refractivity contribution in [3.63, 3.8) is 0 Å². The molecule has 0 aliphatic rings. The van der Waals surface area contributed by atoms with Gasteiger partial charge in [-0.15, -0.1) is 0 Å². The van der Waals surface area contributed by atoms with Gasteiger partial charge in [-0.3, -0.25) is 0 Å². The standard InChI is InChI=1S/C16H18N4OS/c1-21-10-9-20-14-7-3-2-6-13(14)19-16(20)22-11-12-5-4-8-15(17)18-12/h2-8H,9-11H2,1H3,(H2,17,18). The van der Waals surface area contributed by atoms with E-state index in [1.807, 2.05) is 30.3 Å². The van der Waals surface area contributed by atoms with Crippen LogP contribution in [0.1, 0.15) is 5.69 Å². The van der Waals surface area contributed by atoms with E-state index in [1.165, 1.54) is 0 Å². The van der Waals surface area contributed by atoms with Crippen molar-refractivity contribution < 1.29 is 4.74 Å². The molecule has 0 atom stereocenters. The van der Waals surface area contributed by atoms with Gasteiger partial charge < -0.3 is 15.0 Å². The van der Waals surface area contributed by atoms with E-state index in [1.54, 1.807) is 24.9 Å². The number of hydrogen-bond acceptors (Lipinski definition) is 5. The molecular formula is C16H18N4OS. The molecule has 3 rings (SSSR count). The van der Waals surface area contributed by atoms with Crippen LogP contribution in [0.5, 0.6) is 0 Å². The third-order valence-corrected chi connectivity index (χ3v) is 4.33. The zero-order valence-electron chi connectivity index (χ0n) is 12.4. The zero-order chi connectivity index (χ0) is 15.4. The van der Waals surface area contributed by atoms with Gasteiger partial charge in [-0.25, -0.2) is 9.97 Å². The molecule has 22 heavy (non-hydrogen) atoms. The molecule has 0 spiro atoms. The average Bonchev–Trinajstić information content (AvgIpc) is 2.88. The van der Waals surface area contributed by atoms with Gasteiger partial charge in [0.1, 0.15) is 5.82 Å². The highest BCUT2D eigenvalue weighted by Crippen LogP contribution is 2.26. The Kier molecular flexibility index (Phi) is 4.60. The van der Waals surface area contributed by atoms with Crippen LogP contribution in [0.3, 0.4) is 0 Å². The Labute approximate surface area is 133 Å². The molecule has 3 aromatic rings. The molecule has 114 valence electrons. The number of imidazole rings is 1. The van der Waals surface area contributed by atoms with Crippen molar-refractivity contribution in [2.24, 2.45) is 0 Å². The minimum absolute atomic E-state index is 0.547. The molecule has 5 nitrogen and oxygen atoms in total. The molecule has 2 aromatic heterocycles. The van der Waals surface area contributed by atoms with Crippen LogP contribution in [0.15, 0.2) is 47.6 Å². The maximum atomic E-state index is 5.73. The number of nitrogens with zero attached hydrogens (tertiary/aromatic N) is 3. The smallest absolute Gasteiger partial charge is 0.169 e. The Hall–Kier alpha value is -2.05. The Balaban J connectivity index is 1.85. The molecule has 0 unspecified atom stereocenters. The summed E-state index contributed by atoms with van der Waals surface area (Å²) in [4.78, 5) is 9.04. The molecule has 0 aliphatic carbocycles. The topological polar surface area (TPSA) is 66.0 Å². The summed E-state index contributed by atoms with van der Waals surface area (Å²) < 4.78 is 7.40. The second kappa shape index (κ2) is 6.81. The summed E-state index contributed by atoms with van der Waals surface area (Å²) in [7, 11) is 1.71. The Morgan fingerprint density at radius 2 is 2.00 bits per heavy atom. The minimum Gasteiger partial charge on any atom is -0.384 e. The molecule has 0 saturated carbocycles. The first-order valence-electron chi connectivity index (χ1n) is 7.06. The summed E-state index contributed by atoms with van der Waals surface area (Å²) in [5, 5.41) is 0.975. The fraction of sp³-hybridized carbons (Fsp3) is 0.250. The number of fused-ring (bicyclic) bond motifs is 1. The first-order valence-corrected chi connectivity index (χ1v) is 8.05. The van der Waals surface area contributed by atoms with Crippen molar-refractivity contribution in [2.75, 3.05) is 19.5 Å². The van der Waals surface area contributed by atoms with Crippen LogP contribution in [0.4, 0.5) is 5.82 Å². The van der Waals surface area contributed by atoms with Crippen LogP contribution < -0.4 is 5.73 Å². The molecule has 2 N–H and O–H groups in total. The van der Waals surface area contributed by atoms with Crippen LogP contribution in [0.2, 0.25) is 0 Å². The fourth-order valence-electron chi connectivity index (χ4n) is 2.28. The number of rotatable bonds is 6. The lowest BCUT2D eigenvalue weighted by molar-refractivity contribution is 0.186. The van der Waals surface area contributed by atoms with Gasteiger partial charge in [-0.05, 0) is 24.3 Å². The second-order valence-electron chi connectivity index (χ2n) is 4.87. The molecule has 0 radical (unpaired) electrons. The van der Waals surface area contributed by atoms with Gasteiger partial charge in [0.25, 0.3) is 0 Å². The SMILES string of the molecule is COCCn1c(SCc2cccc(N)n2)nc2ccccc21. The number of ether oxygens (including phenoxy) is 1. The maximum absolute atomic E-state index is 5.73. The van der Waals surface area contributed by atoms with E-state index >= 15 is 0 Å². The van der Waals surface area contributed by atoms with Crippen molar-refractivity contribution in [2.45, 2.75) is 17.5 Å². The predicted molar refractivity (Wildman–Crippen MR) is 89.8 cm³/mol. The summed E-state index contributed by atoms with van der Waals surface area (Å²) >= 11 is 1.66. The van der Waals surface area contributed by atoms with Crippen molar-refractivity contribution >= 4 is 28.6 Å². The summed E-state index contributed by atoms with van der Waals surface area (Å²) in [5.41, 5.74) is 8.81. The lowest BCUT2D eigenvalue weighted by Gasteiger charge is -2.08. The Bertz CT molecular complexity index is 772. The van der Waals surface area contributed by atoms with E-state index in [4.69, 9.17) is 15.5 Å². The van der Waals surface area contributed by atoms with Crippen molar-refractivity contribution in [1.29, 1.82) is 0 Å². The first-order chi connectivity index (χ1) is 10.8. The number of nitrogens with two attached hydrogens (primary N) is 1. The number of para-hydroxylation sites is 2. The molecule has 0 saturated heterocycles. The van der Waals surface area contributed by atoms with Gasteiger partial charge in [0, 0.05) is 19.4 Å². The third-order valence-electron chi connectivity index (χ3n) is 3.32. The van der Waals surface area contributed by atoms with Gasteiger partial charge in [0.2, 0.25) is 0 Å². The molecule has 1 aromatic carbocycles. The Morgan fingerprint density at radius 3 is 2.82 bits per heavy atom. The highest BCUT2D eigenvalue weighted by atomic mass is 32.2. The molecule has 0 fully saturated rings. The van der Waals surface area contributed by atoms with Crippen molar-refractivity contribution in [3.8, 4) is 0 Å². The monoisotopic (exact) mass is 314 g/mol. The summed E-state index contributed by atoms with van der Waals surface area (Å²) in [6.07, 6.45) is 0. The third kappa shape index (κ3) is 3.23. The van der Waals surface area contributed by atoms with E-state index < -0.39 is 0 Å². The van der Waals surface area contributed by atoms with Gasteiger partial charge >= 0.3 is 0 Å². The van der Waals surface area contributed by atoms with Crippen LogP contribution in [-0.2, 0) is 17.0 Å². The zero-order valence-corrected chi connectivity index (χ0v) is 13.2. The number of nitrogen functional groups attached to an aromatic ring is 1. The molecule has 0 aliphatic heterocycles. The molecule has 2 heterocycles. The van der Waals surface area contributed by atoms with E-state index in [9.17, 15) is 0 Å². The van der Waals surface area contributed by atoms with Gasteiger partial charge in [0.15, 0.2) is 5.16 Å². The van der Waals surface area contributed by atoms with Crippen molar-refractivity contribution in [3.05, 3.63) is 48.2 Å². The van der Waals surface area contributed by atoms with Crippen LogP contribution >= 0.6 is 11.8 Å². The summed E-state index contributed by atoms with van der Waals surface area (Å²) in [5.74, 6) is 1.28. The number of methoxy groups -OCH3 is 1. The van der Waals surface area contributed by atoms with Crippen LogP contribution in [0, 0.1) is 0 Å². The highest BCUT2D eigenvalue weighted by Gasteiger charge is 2.11. The number of pyridine rings is 1. The highest BCUT2D eigenvalue weighted by molar-refractivity contribution is 7.98. The molecular weight excluding hydrogens is 296 g/mol. The first kappa shape index (κ1) is 14.9. The lowest BCUT2D eigenvalue weighted by Crippen LogP contribution is -2.05. The summed E-state index contributed by atoms with van der Waals surface area (Å²) in [6.45, 7) is 1.44. The van der Waals surface area contributed by atoms with E-state index in [0.29, 0.717) is 12.4 Å². The number of aromatic nitrogens is 3.